The third kappa shape index (κ3) is 6.27. The first-order valence-corrected chi connectivity index (χ1v) is 16.3. The fraction of sp³-hybridized carbons (Fsp3) is 0.125. The summed E-state index contributed by atoms with van der Waals surface area (Å²) in [5, 5.41) is 0. The van der Waals surface area contributed by atoms with Gasteiger partial charge in [0.2, 0.25) is 0 Å². The molecule has 2 aliphatic rings. The Kier molecular flexibility index (Phi) is 9.64. The Labute approximate surface area is 278 Å². The van der Waals surface area contributed by atoms with Gasteiger partial charge in [-0.15, -0.1) is 0 Å². The number of hydrogen-bond donors (Lipinski definition) is 0. The number of fused-ring (bicyclic) bond motifs is 4. The molecular weight excluding hydrogens is 623 g/mol. The summed E-state index contributed by atoms with van der Waals surface area (Å²) in [6.45, 7) is 3.88. The van der Waals surface area contributed by atoms with E-state index in [9.17, 15) is 22.6 Å². The molecule has 4 nitrogen and oxygen atoms in total. The van der Waals surface area contributed by atoms with Crippen molar-refractivity contribution in [3.8, 4) is 0 Å². The van der Waals surface area contributed by atoms with Crippen LogP contribution in [0.5, 0.6) is 0 Å². The Morgan fingerprint density at radius 1 is 0.674 bits per heavy atom. The third-order valence-corrected chi connectivity index (χ3v) is 10.4. The minimum Gasteiger partial charge on any atom is -0.736 e. The van der Waals surface area contributed by atoms with Crippen molar-refractivity contribution in [1.82, 2.24) is 0 Å². The van der Waals surface area contributed by atoms with Crippen LogP contribution >= 0.6 is 31.3 Å². The molecule has 0 spiro atoms. The first kappa shape index (κ1) is 32.0. The predicted octanol–water partition coefficient (Wildman–Crippen LogP) is 6.36. The molecule has 0 N–H and O–H groups in total. The average Bonchev–Trinajstić information content (AvgIpc) is 3.24. The van der Waals surface area contributed by atoms with Gasteiger partial charge >= 0.3 is 37.4 Å². The molecule has 1 atom stereocenters. The molecule has 0 saturated heterocycles. The van der Waals surface area contributed by atoms with E-state index in [-0.39, 0.29) is 57.1 Å². The number of rotatable bonds is 6. The average molecular weight is 647 g/mol. The van der Waals surface area contributed by atoms with Crippen LogP contribution in [0.1, 0.15) is 47.2 Å². The van der Waals surface area contributed by atoms with Crippen molar-refractivity contribution in [3.63, 3.8) is 0 Å². The van der Waals surface area contributed by atoms with Crippen LogP contribution in [0.25, 0.3) is 23.7 Å². The van der Waals surface area contributed by atoms with Crippen molar-refractivity contribution in [2.45, 2.75) is 46.3 Å². The van der Waals surface area contributed by atoms with E-state index in [1.54, 1.807) is 36.4 Å². The van der Waals surface area contributed by atoms with E-state index < -0.39 is 25.3 Å². The molecule has 0 fully saturated rings. The van der Waals surface area contributed by atoms with Gasteiger partial charge in [-0.25, -0.2) is 17.7 Å². The first-order valence-electron chi connectivity index (χ1n) is 13.2. The number of aryl methyl sites for hydroxylation is 2. The number of halogens is 3. The molecule has 0 radical (unpaired) electrons. The molecule has 2 aliphatic heterocycles. The van der Waals surface area contributed by atoms with Gasteiger partial charge in [0.25, 0.3) is 0 Å². The molecule has 4 aromatic carbocycles. The van der Waals surface area contributed by atoms with Gasteiger partial charge in [0.15, 0.2) is 0 Å². The normalized spacial score (nSPS) is 14.7. The largest absolute Gasteiger partial charge is 1.00 e. The van der Waals surface area contributed by atoms with Crippen LogP contribution in [0, 0.1) is 17.5 Å². The van der Waals surface area contributed by atoms with Crippen molar-refractivity contribution in [3.05, 3.63) is 118 Å². The minimum absolute atomic E-state index is 0. The summed E-state index contributed by atoms with van der Waals surface area (Å²) in [6, 6.07) is 17.2. The summed E-state index contributed by atoms with van der Waals surface area (Å²) >= 11 is 2.35. The number of benzene rings is 4. The molecule has 0 bridgehead atoms. The van der Waals surface area contributed by atoms with E-state index in [0.717, 1.165) is 39.9 Å². The maximum absolute atomic E-state index is 15.0. The monoisotopic (exact) mass is 646 g/mol. The Morgan fingerprint density at radius 2 is 1.19 bits per heavy atom. The third-order valence-electron chi connectivity index (χ3n) is 6.98. The molecule has 0 saturated carbocycles. The van der Waals surface area contributed by atoms with E-state index in [0.29, 0.717) is 33.8 Å². The SMILES string of the molecule is CCc1cccc2c1Sc1cccc(F)c1C=C2OP(=O)([O-])OC1=Cc2c(F)ccc(F)c2Sc2c(CC)cccc21.[Na+]. The minimum atomic E-state index is -5.24. The summed E-state index contributed by atoms with van der Waals surface area (Å²) in [5.74, 6) is -2.24. The zero-order valence-corrected chi connectivity index (χ0v) is 28.0. The second kappa shape index (κ2) is 12.9. The molecule has 4 aromatic rings. The number of hydrogen-bond acceptors (Lipinski definition) is 6. The topological polar surface area (TPSA) is 58.6 Å². The maximum atomic E-state index is 15.0. The Balaban J connectivity index is 0.00000368. The van der Waals surface area contributed by atoms with Gasteiger partial charge in [-0.1, -0.05) is 79.8 Å². The van der Waals surface area contributed by atoms with Crippen LogP contribution in [0.4, 0.5) is 13.2 Å². The van der Waals surface area contributed by atoms with Gasteiger partial charge in [0.1, 0.15) is 29.0 Å². The van der Waals surface area contributed by atoms with E-state index in [4.69, 9.17) is 9.05 Å². The van der Waals surface area contributed by atoms with Gasteiger partial charge in [-0.05, 0) is 60.4 Å². The van der Waals surface area contributed by atoms with E-state index in [1.807, 2.05) is 26.0 Å². The van der Waals surface area contributed by atoms with Gasteiger partial charge in [-0.3, -0.25) is 0 Å². The maximum Gasteiger partial charge on any atom is 1.00 e. The molecule has 0 aromatic heterocycles. The fourth-order valence-corrected chi connectivity index (χ4v) is 8.26. The molecule has 11 heteroatoms. The van der Waals surface area contributed by atoms with E-state index >= 15 is 0 Å². The van der Waals surface area contributed by atoms with Crippen LogP contribution < -0.4 is 34.5 Å². The summed E-state index contributed by atoms with van der Waals surface area (Å²) in [5.41, 5.74) is 2.61. The van der Waals surface area contributed by atoms with Crippen molar-refractivity contribution in [1.29, 1.82) is 0 Å². The second-order valence-corrected chi connectivity index (χ2v) is 12.9. The standard InChI is InChI=1S/C32H24F3O4PS2.Na/c1-3-18-8-5-10-20-27(16-22-24(33)12-7-13-29(22)41-30(18)20)38-40(36,37)39-28-17-23-25(34)14-15-26(35)32(23)42-31-19(4-2)9-6-11-21(28)31;/h5-17H,3-4H2,1-2H3,(H,36,37);/q;+1/p-1. The van der Waals surface area contributed by atoms with Gasteiger partial charge < -0.3 is 13.9 Å². The van der Waals surface area contributed by atoms with Crippen LogP contribution in [-0.2, 0) is 26.5 Å². The molecule has 1 unspecified atom stereocenters. The molecule has 6 rings (SSSR count). The van der Waals surface area contributed by atoms with Crippen molar-refractivity contribution < 1.29 is 61.2 Å². The smallest absolute Gasteiger partial charge is 0.736 e. The molecule has 43 heavy (non-hydrogen) atoms. The molecular formula is C32H23F3NaO4PS2. The number of phosphoric ester groups is 1. The molecule has 0 amide bonds. The van der Waals surface area contributed by atoms with Crippen molar-refractivity contribution in [2.24, 2.45) is 0 Å². The second-order valence-electron chi connectivity index (χ2n) is 9.57. The first-order chi connectivity index (χ1) is 20.2. The quantitative estimate of drug-likeness (QED) is 0.180. The Hall–Kier alpha value is -2.36. The molecule has 0 aliphatic carbocycles. The Morgan fingerprint density at radius 3 is 1.79 bits per heavy atom. The van der Waals surface area contributed by atoms with Crippen molar-refractivity contribution >= 4 is 55.0 Å². The zero-order chi connectivity index (χ0) is 29.6. The fourth-order valence-electron chi connectivity index (χ4n) is 4.93. The van der Waals surface area contributed by atoms with E-state index in [1.165, 1.54) is 30.0 Å². The predicted molar refractivity (Wildman–Crippen MR) is 158 cm³/mol. The van der Waals surface area contributed by atoms with Crippen molar-refractivity contribution in [2.75, 3.05) is 0 Å². The van der Waals surface area contributed by atoms with E-state index in [2.05, 4.69) is 0 Å². The Bertz CT molecular complexity index is 1860. The number of phosphoric acid groups is 1. The summed E-state index contributed by atoms with van der Waals surface area (Å²) in [6.07, 6.45) is 3.74. The molecule has 2 heterocycles. The van der Waals surface area contributed by atoms with Gasteiger partial charge in [0.05, 0.1) is 4.90 Å². The van der Waals surface area contributed by atoms with Crippen LogP contribution in [0.3, 0.4) is 0 Å². The molecule has 214 valence electrons. The van der Waals surface area contributed by atoms with Crippen LogP contribution in [-0.4, -0.2) is 0 Å². The van der Waals surface area contributed by atoms with Gasteiger partial charge in [0, 0.05) is 36.9 Å². The summed E-state index contributed by atoms with van der Waals surface area (Å²) in [7, 11) is -5.24. The summed E-state index contributed by atoms with van der Waals surface area (Å²) < 4.78 is 69.6. The van der Waals surface area contributed by atoms with Gasteiger partial charge in [-0.2, -0.15) is 0 Å². The summed E-state index contributed by atoms with van der Waals surface area (Å²) in [4.78, 5) is 15.5. The van der Waals surface area contributed by atoms with Crippen LogP contribution in [0.2, 0.25) is 0 Å². The zero-order valence-electron chi connectivity index (χ0n) is 23.5. The van der Waals surface area contributed by atoms with Crippen LogP contribution in [0.15, 0.2) is 86.3 Å².